The zero-order valence-corrected chi connectivity index (χ0v) is 15.2. The predicted molar refractivity (Wildman–Crippen MR) is 107 cm³/mol. The topological polar surface area (TPSA) is 102 Å². The molecule has 0 bridgehead atoms. The summed E-state index contributed by atoms with van der Waals surface area (Å²) >= 11 is 0. The standard InChI is InChI=1S/C19H22N6O2.2H2/c1-12-2-3-13-14(10-12)23-18(22-13)16-17(20)21-11-15(24-16)25-6-4-19(5-7-25)26-8-9-27-19;;/h2-3,10-11H,4-9H2,1H3,(H2,20,21)(H,22,23);2*1H. The Kier molecular flexibility index (Phi) is 3.76. The van der Waals surface area contributed by atoms with E-state index in [1.54, 1.807) is 6.20 Å². The predicted octanol–water partition coefficient (Wildman–Crippen LogP) is 2.75. The quantitative estimate of drug-likeness (QED) is 0.715. The van der Waals surface area contributed by atoms with E-state index < -0.39 is 5.79 Å². The number of nitrogens with zero attached hydrogens (tertiary/aromatic N) is 4. The molecule has 4 heterocycles. The first kappa shape index (κ1) is 16.5. The molecule has 1 aromatic carbocycles. The summed E-state index contributed by atoms with van der Waals surface area (Å²) in [7, 11) is 0. The summed E-state index contributed by atoms with van der Waals surface area (Å²) in [5.74, 6) is 1.39. The molecule has 0 aliphatic carbocycles. The third-order valence-corrected chi connectivity index (χ3v) is 5.31. The van der Waals surface area contributed by atoms with Crippen LogP contribution in [0.1, 0.15) is 21.3 Å². The molecule has 2 fully saturated rings. The molecule has 2 aromatic heterocycles. The van der Waals surface area contributed by atoms with Crippen LogP contribution < -0.4 is 10.6 Å². The molecule has 8 heteroatoms. The number of nitrogens with one attached hydrogen (secondary N) is 1. The number of H-pyrrole nitrogens is 1. The number of hydrogen-bond donors (Lipinski definition) is 2. The molecule has 2 aliphatic rings. The van der Waals surface area contributed by atoms with E-state index in [2.05, 4.69) is 32.8 Å². The van der Waals surface area contributed by atoms with Crippen molar-refractivity contribution in [3.63, 3.8) is 0 Å². The van der Waals surface area contributed by atoms with Gasteiger partial charge in [-0.1, -0.05) is 6.07 Å². The van der Waals surface area contributed by atoms with Gasteiger partial charge in [-0.25, -0.2) is 15.0 Å². The Labute approximate surface area is 159 Å². The highest BCUT2D eigenvalue weighted by Gasteiger charge is 2.40. The summed E-state index contributed by atoms with van der Waals surface area (Å²) in [5, 5.41) is 0. The van der Waals surface area contributed by atoms with Gasteiger partial charge in [-0.2, -0.15) is 0 Å². The van der Waals surface area contributed by atoms with Crippen LogP contribution in [-0.4, -0.2) is 52.0 Å². The van der Waals surface area contributed by atoms with Gasteiger partial charge in [0.25, 0.3) is 0 Å². The van der Waals surface area contributed by atoms with E-state index in [1.165, 1.54) is 5.56 Å². The molecule has 3 aromatic rings. The van der Waals surface area contributed by atoms with E-state index in [-0.39, 0.29) is 2.85 Å². The molecule has 2 aliphatic heterocycles. The Hall–Kier alpha value is -2.71. The molecule has 2 saturated heterocycles. The lowest BCUT2D eigenvalue weighted by Crippen LogP contribution is -2.45. The van der Waals surface area contributed by atoms with Gasteiger partial charge in [-0.3, -0.25) is 0 Å². The number of imidazole rings is 1. The van der Waals surface area contributed by atoms with Crippen LogP contribution in [0.25, 0.3) is 22.6 Å². The van der Waals surface area contributed by atoms with Gasteiger partial charge < -0.3 is 25.1 Å². The van der Waals surface area contributed by atoms with E-state index in [0.717, 1.165) is 42.8 Å². The fourth-order valence-electron chi connectivity index (χ4n) is 3.81. The Balaban J connectivity index is 0.00000120. The van der Waals surface area contributed by atoms with Crippen molar-refractivity contribution < 1.29 is 12.3 Å². The van der Waals surface area contributed by atoms with Gasteiger partial charge in [-0.15, -0.1) is 0 Å². The summed E-state index contributed by atoms with van der Waals surface area (Å²) in [6, 6.07) is 6.09. The number of ether oxygens (including phenoxy) is 2. The molecule has 144 valence electrons. The largest absolute Gasteiger partial charge is 0.382 e. The number of aryl methyl sites for hydroxylation is 1. The van der Waals surface area contributed by atoms with Crippen LogP contribution >= 0.6 is 0 Å². The molecule has 0 amide bonds. The maximum atomic E-state index is 6.11. The molecule has 0 radical (unpaired) electrons. The lowest BCUT2D eigenvalue weighted by Gasteiger charge is -2.38. The number of piperidine rings is 1. The van der Waals surface area contributed by atoms with Gasteiger partial charge in [0.1, 0.15) is 5.82 Å². The normalized spacial score (nSPS) is 19.2. The number of hydrogen-bond acceptors (Lipinski definition) is 7. The molecule has 1 spiro atoms. The van der Waals surface area contributed by atoms with Crippen molar-refractivity contribution in [2.75, 3.05) is 36.9 Å². The van der Waals surface area contributed by atoms with E-state index in [4.69, 9.17) is 20.2 Å². The Bertz CT molecular complexity index is 996. The van der Waals surface area contributed by atoms with Crippen LogP contribution in [0.4, 0.5) is 11.6 Å². The zero-order valence-electron chi connectivity index (χ0n) is 15.2. The fraction of sp³-hybridized carbons (Fsp3) is 0.421. The second-order valence-corrected chi connectivity index (χ2v) is 7.16. The molecule has 0 atom stereocenters. The van der Waals surface area contributed by atoms with Crippen LogP contribution in [0.2, 0.25) is 0 Å². The number of nitrogens with two attached hydrogens (primary N) is 1. The summed E-state index contributed by atoms with van der Waals surface area (Å²) in [4.78, 5) is 19.3. The molecule has 0 unspecified atom stereocenters. The molecule has 27 heavy (non-hydrogen) atoms. The highest BCUT2D eigenvalue weighted by atomic mass is 16.7. The average Bonchev–Trinajstić information content (AvgIpc) is 3.30. The van der Waals surface area contributed by atoms with Gasteiger partial charge in [0.15, 0.2) is 23.1 Å². The van der Waals surface area contributed by atoms with E-state index in [1.807, 2.05) is 12.1 Å². The number of anilines is 2. The van der Waals surface area contributed by atoms with Crippen molar-refractivity contribution in [2.45, 2.75) is 25.6 Å². The zero-order chi connectivity index (χ0) is 18.4. The second-order valence-electron chi connectivity index (χ2n) is 7.16. The fourth-order valence-corrected chi connectivity index (χ4v) is 3.81. The van der Waals surface area contributed by atoms with Crippen molar-refractivity contribution >= 4 is 22.7 Å². The van der Waals surface area contributed by atoms with E-state index in [0.29, 0.717) is 30.5 Å². The summed E-state index contributed by atoms with van der Waals surface area (Å²) in [6.07, 6.45) is 3.36. The van der Waals surface area contributed by atoms with Gasteiger partial charge in [0.2, 0.25) is 0 Å². The van der Waals surface area contributed by atoms with Crippen LogP contribution in [0.3, 0.4) is 0 Å². The van der Waals surface area contributed by atoms with Gasteiger partial charge in [0, 0.05) is 28.8 Å². The molecule has 0 saturated carbocycles. The second kappa shape index (κ2) is 6.17. The third-order valence-electron chi connectivity index (χ3n) is 5.31. The minimum Gasteiger partial charge on any atom is -0.382 e. The van der Waals surface area contributed by atoms with Crippen molar-refractivity contribution in [3.8, 4) is 11.5 Å². The van der Waals surface area contributed by atoms with E-state index in [9.17, 15) is 0 Å². The van der Waals surface area contributed by atoms with Crippen LogP contribution in [-0.2, 0) is 9.47 Å². The van der Waals surface area contributed by atoms with Gasteiger partial charge in [0.05, 0.1) is 30.4 Å². The maximum Gasteiger partial charge on any atom is 0.171 e. The molecule has 8 nitrogen and oxygen atoms in total. The van der Waals surface area contributed by atoms with Gasteiger partial charge >= 0.3 is 0 Å². The number of benzene rings is 1. The third kappa shape index (κ3) is 2.90. The number of aromatic amines is 1. The Morgan fingerprint density at radius 3 is 2.74 bits per heavy atom. The van der Waals surface area contributed by atoms with Crippen LogP contribution in [0, 0.1) is 6.92 Å². The number of nitrogen functional groups attached to an aromatic ring is 1. The SMILES string of the molecule is Cc1ccc2nc(-c3nc(N4CCC5(CC4)OCCO5)cnc3N)[nH]c2c1.[HH].[HH]. The smallest absolute Gasteiger partial charge is 0.171 e. The minimum atomic E-state index is -0.406. The lowest BCUT2D eigenvalue weighted by molar-refractivity contribution is -0.169. The Morgan fingerprint density at radius 2 is 1.96 bits per heavy atom. The first-order valence-electron chi connectivity index (χ1n) is 9.24. The first-order chi connectivity index (χ1) is 13.1. The molecule has 3 N–H and O–H groups in total. The monoisotopic (exact) mass is 370 g/mol. The lowest BCUT2D eigenvalue weighted by atomic mass is 10.0. The minimum absolute atomic E-state index is 0. The summed E-state index contributed by atoms with van der Waals surface area (Å²) in [5.41, 5.74) is 9.71. The highest BCUT2D eigenvalue weighted by molar-refractivity contribution is 5.81. The Morgan fingerprint density at radius 1 is 1.19 bits per heavy atom. The highest BCUT2D eigenvalue weighted by Crippen LogP contribution is 2.33. The van der Waals surface area contributed by atoms with Crippen LogP contribution in [0.15, 0.2) is 24.4 Å². The number of fused-ring (bicyclic) bond motifs is 1. The molecular formula is C19H26N6O2. The van der Waals surface area contributed by atoms with Crippen LogP contribution in [0.5, 0.6) is 0 Å². The molecular weight excluding hydrogens is 344 g/mol. The number of aromatic nitrogens is 4. The maximum absolute atomic E-state index is 6.11. The average molecular weight is 370 g/mol. The number of rotatable bonds is 2. The van der Waals surface area contributed by atoms with Crippen molar-refractivity contribution in [3.05, 3.63) is 30.0 Å². The summed E-state index contributed by atoms with van der Waals surface area (Å²) < 4.78 is 11.6. The van der Waals surface area contributed by atoms with Crippen molar-refractivity contribution in [1.29, 1.82) is 0 Å². The van der Waals surface area contributed by atoms with Crippen molar-refractivity contribution in [2.24, 2.45) is 0 Å². The van der Waals surface area contributed by atoms with Crippen molar-refractivity contribution in [1.82, 2.24) is 19.9 Å². The summed E-state index contributed by atoms with van der Waals surface area (Å²) in [6.45, 7) is 5.01. The van der Waals surface area contributed by atoms with Gasteiger partial charge in [-0.05, 0) is 24.6 Å². The van der Waals surface area contributed by atoms with E-state index >= 15 is 0 Å². The molecule has 5 rings (SSSR count). The first-order valence-corrected chi connectivity index (χ1v) is 9.24.